The third-order valence-electron chi connectivity index (χ3n) is 6.73. The number of hydrogen-bond donors (Lipinski definition) is 1. The van der Waals surface area contributed by atoms with Gasteiger partial charge in [-0.05, 0) is 54.8 Å². The Morgan fingerprint density at radius 2 is 1.77 bits per heavy atom. The fraction of sp³-hybridized carbons (Fsp3) is 0.200. The molecule has 1 aliphatic rings. The van der Waals surface area contributed by atoms with Crippen LogP contribution in [0.5, 0.6) is 0 Å². The van der Waals surface area contributed by atoms with Gasteiger partial charge in [0.25, 0.3) is 5.78 Å². The number of halogens is 1. The average Bonchev–Trinajstić information content (AvgIpc) is 3.51. The average molecular weight is 575 g/mol. The van der Waals surface area contributed by atoms with E-state index in [0.717, 1.165) is 28.2 Å². The number of nitrogens with zero attached hydrogens (tertiary/aromatic N) is 4. The van der Waals surface area contributed by atoms with Crippen molar-refractivity contribution in [3.63, 3.8) is 0 Å². The van der Waals surface area contributed by atoms with E-state index in [4.69, 9.17) is 0 Å². The predicted molar refractivity (Wildman–Crippen MR) is 157 cm³/mol. The van der Waals surface area contributed by atoms with Crippen molar-refractivity contribution >= 4 is 51.4 Å². The smallest absolute Gasteiger partial charge is 0.301 e. The van der Waals surface area contributed by atoms with Gasteiger partial charge in [0.15, 0.2) is 4.34 Å². The summed E-state index contributed by atoms with van der Waals surface area (Å²) in [4.78, 5) is 30.3. The van der Waals surface area contributed by atoms with Crippen molar-refractivity contribution in [2.75, 3.05) is 23.9 Å². The normalized spacial score (nSPS) is 16.5. The Balaban J connectivity index is 1.58. The topological polar surface area (TPSA) is 86.6 Å². The van der Waals surface area contributed by atoms with E-state index in [0.29, 0.717) is 26.8 Å². The van der Waals surface area contributed by atoms with Gasteiger partial charge in [0.05, 0.1) is 11.6 Å². The molecule has 4 aromatic rings. The number of anilines is 2. The van der Waals surface area contributed by atoms with E-state index in [-0.39, 0.29) is 22.3 Å². The van der Waals surface area contributed by atoms with E-state index >= 15 is 0 Å². The molecule has 0 saturated carbocycles. The molecule has 10 heteroatoms. The Kier molecular flexibility index (Phi) is 7.73. The van der Waals surface area contributed by atoms with E-state index in [1.807, 2.05) is 69.2 Å². The van der Waals surface area contributed by atoms with Crippen molar-refractivity contribution in [3.8, 4) is 0 Å². The van der Waals surface area contributed by atoms with Gasteiger partial charge >= 0.3 is 5.91 Å². The first kappa shape index (κ1) is 27.5. The van der Waals surface area contributed by atoms with Crippen LogP contribution >= 0.6 is 23.1 Å². The molecule has 0 spiro atoms. The van der Waals surface area contributed by atoms with Crippen LogP contribution in [0, 0.1) is 19.7 Å². The van der Waals surface area contributed by atoms with E-state index in [1.54, 1.807) is 24.3 Å². The standard InChI is InChI=1S/C30H27FN4O3S2/c1-17-9-10-18(2)22(15-17)26(36)24-25(19-11-13-21(14-12-19)34(3)4)35(28(38)27(24)37)29-32-33-30(40-29)39-16-20-7-5-6-8-23(20)31/h5-15,25,36H,16H2,1-4H3/b26-24+. The van der Waals surface area contributed by atoms with Gasteiger partial charge in [-0.1, -0.05) is 71.1 Å². The molecule has 1 atom stereocenters. The number of aliphatic hydroxyl groups excluding tert-OH is 1. The van der Waals surface area contributed by atoms with Crippen molar-refractivity contribution in [1.82, 2.24) is 10.2 Å². The van der Waals surface area contributed by atoms with Crippen LogP contribution in [0.25, 0.3) is 5.76 Å². The zero-order chi connectivity index (χ0) is 28.6. The molecule has 1 amide bonds. The predicted octanol–water partition coefficient (Wildman–Crippen LogP) is 6.28. The number of aliphatic hydroxyl groups is 1. The maximum absolute atomic E-state index is 14.1. The van der Waals surface area contributed by atoms with Gasteiger partial charge in [-0.15, -0.1) is 10.2 Å². The summed E-state index contributed by atoms with van der Waals surface area (Å²) in [7, 11) is 3.84. The van der Waals surface area contributed by atoms with Crippen LogP contribution in [0.15, 0.2) is 76.6 Å². The number of benzene rings is 3. The maximum Gasteiger partial charge on any atom is 0.301 e. The molecule has 0 aliphatic carbocycles. The first-order valence-electron chi connectivity index (χ1n) is 12.5. The third kappa shape index (κ3) is 5.24. The summed E-state index contributed by atoms with van der Waals surface area (Å²) in [6.45, 7) is 3.74. The van der Waals surface area contributed by atoms with Gasteiger partial charge in [-0.25, -0.2) is 4.39 Å². The third-order valence-corrected chi connectivity index (χ3v) is 8.83. The summed E-state index contributed by atoms with van der Waals surface area (Å²) in [5.41, 5.74) is 4.29. The number of rotatable bonds is 7. The van der Waals surface area contributed by atoms with Crippen molar-refractivity contribution < 1.29 is 19.1 Å². The summed E-state index contributed by atoms with van der Waals surface area (Å²) < 4.78 is 14.6. The lowest BCUT2D eigenvalue weighted by Gasteiger charge is -2.23. The molecule has 1 aliphatic heterocycles. The molecule has 1 fully saturated rings. The molecule has 0 radical (unpaired) electrons. The molecular weight excluding hydrogens is 547 g/mol. The molecule has 1 N–H and O–H groups in total. The Bertz CT molecular complexity index is 1630. The number of ketones is 1. The minimum atomic E-state index is -0.909. The van der Waals surface area contributed by atoms with Crippen molar-refractivity contribution in [1.29, 1.82) is 0 Å². The van der Waals surface area contributed by atoms with Gasteiger partial charge in [0.2, 0.25) is 5.13 Å². The first-order valence-corrected chi connectivity index (χ1v) is 14.3. The van der Waals surface area contributed by atoms with Crippen LogP contribution in [0.3, 0.4) is 0 Å². The molecule has 1 unspecified atom stereocenters. The zero-order valence-corrected chi connectivity index (χ0v) is 24.0. The second kappa shape index (κ2) is 11.2. The second-order valence-electron chi connectivity index (χ2n) is 9.70. The molecule has 204 valence electrons. The lowest BCUT2D eigenvalue weighted by Crippen LogP contribution is -2.29. The molecule has 7 nitrogen and oxygen atoms in total. The highest BCUT2D eigenvalue weighted by Crippen LogP contribution is 2.44. The maximum atomic E-state index is 14.1. The first-order chi connectivity index (χ1) is 19.2. The van der Waals surface area contributed by atoms with Crippen LogP contribution < -0.4 is 9.80 Å². The fourth-order valence-electron chi connectivity index (χ4n) is 4.55. The Morgan fingerprint density at radius 3 is 2.48 bits per heavy atom. The van der Waals surface area contributed by atoms with E-state index in [1.165, 1.54) is 22.7 Å². The van der Waals surface area contributed by atoms with E-state index in [2.05, 4.69) is 10.2 Å². The number of carbonyl (C=O) groups is 2. The minimum absolute atomic E-state index is 0.00735. The molecule has 3 aromatic carbocycles. The number of carbonyl (C=O) groups excluding carboxylic acids is 2. The molecule has 1 aromatic heterocycles. The number of hydrogen-bond acceptors (Lipinski definition) is 8. The highest BCUT2D eigenvalue weighted by atomic mass is 32.2. The monoisotopic (exact) mass is 574 g/mol. The van der Waals surface area contributed by atoms with Gasteiger partial charge < -0.3 is 10.0 Å². The summed E-state index contributed by atoms with van der Waals surface area (Å²) >= 11 is 2.44. The van der Waals surface area contributed by atoms with Crippen LogP contribution in [0.2, 0.25) is 0 Å². The van der Waals surface area contributed by atoms with Crippen LogP contribution in [-0.4, -0.2) is 41.1 Å². The summed E-state index contributed by atoms with van der Waals surface area (Å²) in [5.74, 6) is -1.80. The largest absolute Gasteiger partial charge is 0.507 e. The van der Waals surface area contributed by atoms with Gasteiger partial charge in [-0.2, -0.15) is 0 Å². The highest BCUT2D eigenvalue weighted by molar-refractivity contribution is 8.00. The molecule has 1 saturated heterocycles. The number of aryl methyl sites for hydroxylation is 2. The summed E-state index contributed by atoms with van der Waals surface area (Å²) in [6, 6.07) is 18.6. The van der Waals surface area contributed by atoms with E-state index in [9.17, 15) is 19.1 Å². The van der Waals surface area contributed by atoms with Crippen LogP contribution in [-0.2, 0) is 15.3 Å². The zero-order valence-electron chi connectivity index (χ0n) is 22.4. The fourth-order valence-corrected chi connectivity index (χ4v) is 6.40. The van der Waals surface area contributed by atoms with Crippen molar-refractivity contribution in [2.24, 2.45) is 0 Å². The second-order valence-corrected chi connectivity index (χ2v) is 11.9. The quantitative estimate of drug-likeness (QED) is 0.0914. The van der Waals surface area contributed by atoms with Crippen molar-refractivity contribution in [3.05, 3.63) is 106 Å². The van der Waals surface area contributed by atoms with Crippen LogP contribution in [0.1, 0.15) is 33.9 Å². The molecule has 2 heterocycles. The number of thioether (sulfide) groups is 1. The Hall–Kier alpha value is -4.02. The van der Waals surface area contributed by atoms with Gasteiger partial charge in [0, 0.05) is 31.1 Å². The molecule has 5 rings (SSSR count). The van der Waals surface area contributed by atoms with Crippen molar-refractivity contribution in [2.45, 2.75) is 30.0 Å². The highest BCUT2D eigenvalue weighted by Gasteiger charge is 2.48. The molecule has 0 bridgehead atoms. The van der Waals surface area contributed by atoms with E-state index < -0.39 is 17.7 Å². The molecule has 40 heavy (non-hydrogen) atoms. The SMILES string of the molecule is Cc1ccc(C)c(/C(O)=C2\C(=O)C(=O)N(c3nnc(SCc4ccccc4F)s3)C2c2ccc(N(C)C)cc2)c1. The summed E-state index contributed by atoms with van der Waals surface area (Å²) in [6.07, 6.45) is 0. The Labute approximate surface area is 240 Å². The minimum Gasteiger partial charge on any atom is -0.507 e. The van der Waals surface area contributed by atoms with Gasteiger partial charge in [0.1, 0.15) is 11.6 Å². The lowest BCUT2D eigenvalue weighted by molar-refractivity contribution is -0.132. The van der Waals surface area contributed by atoms with Gasteiger partial charge in [-0.3, -0.25) is 14.5 Å². The lowest BCUT2D eigenvalue weighted by atomic mass is 9.93. The number of Topliss-reactive ketones (excluding diaryl/α,β-unsaturated/α-hetero) is 1. The number of aromatic nitrogens is 2. The summed E-state index contributed by atoms with van der Waals surface area (Å²) in [5, 5.41) is 20.2. The molecular formula is C30H27FN4O3S2. The Morgan fingerprint density at radius 1 is 1.05 bits per heavy atom. The number of amides is 1. The van der Waals surface area contributed by atoms with Crippen LogP contribution in [0.4, 0.5) is 15.2 Å².